The van der Waals surface area contributed by atoms with Gasteiger partial charge in [-0.2, -0.15) is 0 Å². The van der Waals surface area contributed by atoms with E-state index in [0.29, 0.717) is 0 Å². The smallest absolute Gasteiger partial charge is 0.162 e. The zero-order chi connectivity index (χ0) is 37.4. The molecule has 0 radical (unpaired) electrons. The second-order valence-electron chi connectivity index (χ2n) is 14.3. The first-order chi connectivity index (χ1) is 27.7. The Kier molecular flexibility index (Phi) is 8.93. The van der Waals surface area contributed by atoms with E-state index in [-0.39, 0.29) is 0 Å². The summed E-state index contributed by atoms with van der Waals surface area (Å²) in [6.45, 7) is 0. The highest BCUT2D eigenvalue weighted by Gasteiger charge is 2.41. The van der Waals surface area contributed by atoms with Crippen molar-refractivity contribution in [3.63, 3.8) is 0 Å². The Bertz CT molecular complexity index is 2480. The number of thioether (sulfide) groups is 2. The summed E-state index contributed by atoms with van der Waals surface area (Å²) >= 11 is 3.55. The molecule has 0 aromatic heterocycles. The summed E-state index contributed by atoms with van der Waals surface area (Å²) < 4.78 is 0. The summed E-state index contributed by atoms with van der Waals surface area (Å²) in [6, 6.07) is 69.0. The molecule has 0 amide bonds. The van der Waals surface area contributed by atoms with Crippen LogP contribution in [0.3, 0.4) is 0 Å². The van der Waals surface area contributed by atoms with E-state index >= 15 is 0 Å². The average Bonchev–Trinajstić information content (AvgIpc) is 3.91. The molecule has 0 atom stereocenters. The molecule has 0 bridgehead atoms. The lowest BCUT2D eigenvalue weighted by molar-refractivity contribution is 0.629. The first kappa shape index (κ1) is 34.4. The van der Waals surface area contributed by atoms with E-state index in [1.165, 1.54) is 43.8 Å². The molecular weight excluding hydrogens is 721 g/mol. The van der Waals surface area contributed by atoms with E-state index in [1.807, 2.05) is 0 Å². The number of hydrogen-bond acceptors (Lipinski definition) is 6. The van der Waals surface area contributed by atoms with Crippen molar-refractivity contribution in [1.82, 2.24) is 0 Å². The Morgan fingerprint density at radius 1 is 0.357 bits per heavy atom. The Balaban J connectivity index is 1.13. The highest BCUT2D eigenvalue weighted by Crippen LogP contribution is 2.48. The predicted octanol–water partition coefficient (Wildman–Crippen LogP) is 12.6. The minimum Gasteiger partial charge on any atom is -0.334 e. The van der Waals surface area contributed by atoms with Gasteiger partial charge < -0.3 is 10.6 Å². The fourth-order valence-electron chi connectivity index (χ4n) is 8.25. The summed E-state index contributed by atoms with van der Waals surface area (Å²) in [7, 11) is 0. The van der Waals surface area contributed by atoms with Crippen LogP contribution in [0.25, 0.3) is 32.7 Å². The van der Waals surface area contributed by atoms with Gasteiger partial charge in [-0.05, 0) is 55.9 Å². The van der Waals surface area contributed by atoms with Gasteiger partial charge in [-0.3, -0.25) is 0 Å². The topological polar surface area (TPSA) is 48.8 Å². The SMILES string of the molecule is c1ccc(C2(c3ccccc3)CSC(Nc3ccc4ccccc4c3-c3c(NC4=NC(c5ccccc5)(c5ccccc5)CS4)ccc4ccccc34)=N2)cc1. The fraction of sp³-hybridized carbons (Fsp3) is 0.0800. The van der Waals surface area contributed by atoms with Crippen molar-refractivity contribution < 1.29 is 0 Å². The quantitative estimate of drug-likeness (QED) is 0.170. The third kappa shape index (κ3) is 6.06. The Labute approximate surface area is 335 Å². The van der Waals surface area contributed by atoms with Crippen LogP contribution in [-0.2, 0) is 11.1 Å². The molecule has 8 aromatic rings. The molecule has 0 unspecified atom stereocenters. The van der Waals surface area contributed by atoms with Crippen LogP contribution in [0.5, 0.6) is 0 Å². The van der Waals surface area contributed by atoms with Crippen LogP contribution in [0, 0.1) is 0 Å². The highest BCUT2D eigenvalue weighted by molar-refractivity contribution is 8.14. The van der Waals surface area contributed by atoms with Crippen LogP contribution in [0.4, 0.5) is 11.4 Å². The fourth-order valence-corrected chi connectivity index (χ4v) is 10.5. The molecule has 2 heterocycles. The van der Waals surface area contributed by atoms with E-state index in [4.69, 9.17) is 9.98 Å². The van der Waals surface area contributed by atoms with Gasteiger partial charge in [0.05, 0.1) is 0 Å². The lowest BCUT2D eigenvalue weighted by atomic mass is 9.85. The van der Waals surface area contributed by atoms with Crippen molar-refractivity contribution in [2.75, 3.05) is 22.1 Å². The lowest BCUT2D eigenvalue weighted by Gasteiger charge is -2.26. The summed E-state index contributed by atoms with van der Waals surface area (Å²) in [6.07, 6.45) is 0. The summed E-state index contributed by atoms with van der Waals surface area (Å²) in [4.78, 5) is 11.1. The van der Waals surface area contributed by atoms with Gasteiger partial charge in [0.25, 0.3) is 0 Å². The molecule has 0 spiro atoms. The Morgan fingerprint density at radius 2 is 0.679 bits per heavy atom. The molecule has 10 rings (SSSR count). The number of nitrogens with one attached hydrogen (secondary N) is 2. The summed E-state index contributed by atoms with van der Waals surface area (Å²) in [5.41, 5.74) is 8.02. The number of amidine groups is 2. The standard InChI is InChI=1S/C50H38N4S2/c1-5-19-37(20-6-1)49(38-21-7-2-8-22-38)33-55-47(53-49)51-43-31-29-35-17-13-15-27-41(35)45(43)46-42-28-16-14-18-36(42)30-32-44(46)52-48-54-50(34-56-48,39-23-9-3-10-24-39)40-25-11-4-12-26-40/h1-32H,33-34H2,(H,51,53)(H,52,54). The third-order valence-corrected chi connectivity index (χ3v) is 13.1. The van der Waals surface area contributed by atoms with Crippen LogP contribution >= 0.6 is 23.5 Å². The molecule has 2 aliphatic rings. The highest BCUT2D eigenvalue weighted by atomic mass is 32.2. The van der Waals surface area contributed by atoms with Gasteiger partial charge in [-0.25, -0.2) is 9.98 Å². The van der Waals surface area contributed by atoms with Crippen molar-refractivity contribution >= 4 is 66.8 Å². The van der Waals surface area contributed by atoms with E-state index in [0.717, 1.165) is 44.3 Å². The molecule has 2 N–H and O–H groups in total. The second-order valence-corrected chi connectivity index (χ2v) is 16.2. The molecule has 0 aliphatic carbocycles. The van der Waals surface area contributed by atoms with Crippen molar-refractivity contribution in [3.8, 4) is 11.1 Å². The van der Waals surface area contributed by atoms with Crippen molar-refractivity contribution in [1.29, 1.82) is 0 Å². The zero-order valence-electron chi connectivity index (χ0n) is 30.6. The Morgan fingerprint density at radius 3 is 1.04 bits per heavy atom. The van der Waals surface area contributed by atoms with Gasteiger partial charge in [0.2, 0.25) is 0 Å². The molecule has 6 heteroatoms. The molecular formula is C50H38N4S2. The van der Waals surface area contributed by atoms with Crippen molar-refractivity contribution in [2.45, 2.75) is 11.1 Å². The summed E-state index contributed by atoms with van der Waals surface area (Å²) in [5.74, 6) is 1.60. The van der Waals surface area contributed by atoms with Crippen LogP contribution < -0.4 is 10.6 Å². The predicted molar refractivity (Wildman–Crippen MR) is 241 cm³/mol. The normalized spacial score (nSPS) is 15.7. The number of nitrogens with zero attached hydrogens (tertiary/aromatic N) is 2. The van der Waals surface area contributed by atoms with Crippen LogP contribution in [-0.4, -0.2) is 21.8 Å². The zero-order valence-corrected chi connectivity index (χ0v) is 32.2. The molecule has 0 saturated carbocycles. The molecule has 2 aliphatic heterocycles. The van der Waals surface area contributed by atoms with E-state index < -0.39 is 11.1 Å². The second kappa shape index (κ2) is 14.5. The summed E-state index contributed by atoms with van der Waals surface area (Å²) in [5, 5.41) is 14.3. The van der Waals surface area contributed by atoms with Gasteiger partial charge in [-0.1, -0.05) is 206 Å². The van der Waals surface area contributed by atoms with Crippen LogP contribution in [0.15, 0.2) is 204 Å². The van der Waals surface area contributed by atoms with Crippen molar-refractivity contribution in [2.24, 2.45) is 9.98 Å². The minimum absolute atomic E-state index is 0.499. The Hall–Kier alpha value is -6.08. The molecule has 56 heavy (non-hydrogen) atoms. The number of anilines is 2. The lowest BCUT2D eigenvalue weighted by Crippen LogP contribution is -2.25. The van der Waals surface area contributed by atoms with Gasteiger partial charge in [0, 0.05) is 34.0 Å². The van der Waals surface area contributed by atoms with Gasteiger partial charge in [-0.15, -0.1) is 0 Å². The van der Waals surface area contributed by atoms with Gasteiger partial charge in [0.15, 0.2) is 10.3 Å². The van der Waals surface area contributed by atoms with Crippen LogP contribution in [0.2, 0.25) is 0 Å². The first-order valence-corrected chi connectivity index (χ1v) is 20.9. The minimum atomic E-state index is -0.499. The van der Waals surface area contributed by atoms with Crippen LogP contribution in [0.1, 0.15) is 22.3 Å². The number of aliphatic imine (C=N–C) groups is 2. The van der Waals surface area contributed by atoms with Gasteiger partial charge >= 0.3 is 0 Å². The third-order valence-electron chi connectivity index (χ3n) is 11.0. The monoisotopic (exact) mass is 758 g/mol. The number of hydrogen-bond donors (Lipinski definition) is 2. The molecule has 270 valence electrons. The van der Waals surface area contributed by atoms with Gasteiger partial charge in [0.1, 0.15) is 11.1 Å². The number of rotatable bonds is 7. The maximum atomic E-state index is 5.54. The van der Waals surface area contributed by atoms with E-state index in [9.17, 15) is 0 Å². The maximum Gasteiger partial charge on any atom is 0.162 e. The molecule has 0 saturated heterocycles. The first-order valence-electron chi connectivity index (χ1n) is 19.0. The maximum absolute atomic E-state index is 5.54. The van der Waals surface area contributed by atoms with E-state index in [2.05, 4.69) is 205 Å². The van der Waals surface area contributed by atoms with Crippen molar-refractivity contribution in [3.05, 3.63) is 216 Å². The average molecular weight is 759 g/mol. The largest absolute Gasteiger partial charge is 0.334 e. The number of fused-ring (bicyclic) bond motifs is 2. The molecule has 0 fully saturated rings. The number of benzene rings is 8. The van der Waals surface area contributed by atoms with E-state index in [1.54, 1.807) is 23.5 Å². The molecule has 4 nitrogen and oxygen atoms in total. The molecule has 8 aromatic carbocycles.